The van der Waals surface area contributed by atoms with Crippen LogP contribution >= 0.6 is 12.4 Å². The Hall–Kier alpha value is -1.26. The summed E-state index contributed by atoms with van der Waals surface area (Å²) in [7, 11) is 2.21. The number of likely N-dealkylation sites (tertiary alicyclic amines) is 1. The second kappa shape index (κ2) is 9.78. The van der Waals surface area contributed by atoms with Crippen molar-refractivity contribution in [2.24, 2.45) is 5.92 Å². The summed E-state index contributed by atoms with van der Waals surface area (Å²) in [6.45, 7) is 6.31. The van der Waals surface area contributed by atoms with Crippen LogP contribution in [0.1, 0.15) is 43.0 Å². The van der Waals surface area contributed by atoms with Gasteiger partial charge in [0.05, 0.1) is 0 Å². The Kier molecular flexibility index (Phi) is 8.42. The lowest BCUT2D eigenvalue weighted by atomic mass is 9.95. The molecule has 0 bridgehead atoms. The van der Waals surface area contributed by atoms with E-state index >= 15 is 0 Å². The van der Waals surface area contributed by atoms with E-state index in [0.29, 0.717) is 5.69 Å². The van der Waals surface area contributed by atoms with Gasteiger partial charge >= 0.3 is 0 Å². The second-order valence-corrected chi connectivity index (χ2v) is 6.47. The van der Waals surface area contributed by atoms with Crippen molar-refractivity contribution in [2.75, 3.05) is 39.0 Å². The number of nitrogens with zero attached hydrogens (tertiary/aromatic N) is 2. The summed E-state index contributed by atoms with van der Waals surface area (Å²) in [5.74, 6) is 0.857. The largest absolute Gasteiger partial charge is 0.399 e. The second-order valence-electron chi connectivity index (χ2n) is 6.47. The summed E-state index contributed by atoms with van der Waals surface area (Å²) in [5, 5.41) is 0. The highest BCUT2D eigenvalue weighted by atomic mass is 35.5. The van der Waals surface area contributed by atoms with Crippen LogP contribution in [-0.2, 0) is 0 Å². The molecule has 23 heavy (non-hydrogen) atoms. The number of hydrogen-bond acceptors (Lipinski definition) is 3. The number of nitrogens with two attached hydrogens (primary N) is 1. The number of nitrogen functional groups attached to an aromatic ring is 1. The van der Waals surface area contributed by atoms with Crippen molar-refractivity contribution >= 4 is 24.0 Å². The summed E-state index contributed by atoms with van der Waals surface area (Å²) in [5.41, 5.74) is 7.12. The van der Waals surface area contributed by atoms with Gasteiger partial charge in [0, 0.05) is 30.9 Å². The zero-order valence-electron chi connectivity index (χ0n) is 14.3. The molecule has 1 aromatic carbocycles. The number of hydrogen-bond donors (Lipinski definition) is 1. The lowest BCUT2D eigenvalue weighted by Gasteiger charge is -2.34. The van der Waals surface area contributed by atoms with Crippen LogP contribution in [-0.4, -0.2) is 48.9 Å². The minimum atomic E-state index is 0. The number of halogens is 1. The monoisotopic (exact) mass is 339 g/mol. The van der Waals surface area contributed by atoms with Gasteiger partial charge in [-0.15, -0.1) is 12.4 Å². The van der Waals surface area contributed by atoms with Gasteiger partial charge in [-0.25, -0.2) is 0 Å². The third-order valence-corrected chi connectivity index (χ3v) is 4.52. The molecule has 0 atom stereocenters. The van der Waals surface area contributed by atoms with Crippen molar-refractivity contribution in [1.29, 1.82) is 0 Å². The molecule has 1 amide bonds. The van der Waals surface area contributed by atoms with Crippen LogP contribution in [0.2, 0.25) is 0 Å². The van der Waals surface area contributed by atoms with E-state index in [-0.39, 0.29) is 18.3 Å². The Balaban J connectivity index is 0.00000264. The first-order valence-corrected chi connectivity index (χ1v) is 8.43. The summed E-state index contributed by atoms with van der Waals surface area (Å²) in [6, 6.07) is 7.23. The zero-order chi connectivity index (χ0) is 15.9. The van der Waals surface area contributed by atoms with Crippen molar-refractivity contribution < 1.29 is 4.79 Å². The minimum Gasteiger partial charge on any atom is -0.399 e. The molecule has 2 N–H and O–H groups in total. The molecule has 0 radical (unpaired) electrons. The van der Waals surface area contributed by atoms with Crippen LogP contribution < -0.4 is 5.73 Å². The first kappa shape index (κ1) is 19.8. The van der Waals surface area contributed by atoms with Gasteiger partial charge in [-0.05, 0) is 63.0 Å². The Morgan fingerprint density at radius 2 is 1.87 bits per heavy atom. The van der Waals surface area contributed by atoms with Crippen LogP contribution in [0.25, 0.3) is 0 Å². The fourth-order valence-electron chi connectivity index (χ4n) is 3.09. The molecule has 1 heterocycles. The number of carbonyl (C=O) groups is 1. The van der Waals surface area contributed by atoms with Gasteiger partial charge in [-0.1, -0.05) is 13.3 Å². The van der Waals surface area contributed by atoms with Crippen LogP contribution in [0.3, 0.4) is 0 Å². The Bertz CT molecular complexity index is 470. The number of piperidine rings is 1. The molecule has 1 aliphatic rings. The molecule has 130 valence electrons. The first-order chi connectivity index (χ1) is 10.6. The van der Waals surface area contributed by atoms with Gasteiger partial charge in [0.15, 0.2) is 0 Å². The maximum atomic E-state index is 12.5. The van der Waals surface area contributed by atoms with Crippen molar-refractivity contribution in [3.63, 3.8) is 0 Å². The predicted octanol–water partition coefficient (Wildman–Crippen LogP) is 3.27. The summed E-state index contributed by atoms with van der Waals surface area (Å²) in [6.07, 6.45) is 4.73. The lowest BCUT2D eigenvalue weighted by molar-refractivity contribution is 0.0673. The highest BCUT2D eigenvalue weighted by Gasteiger charge is 2.24. The van der Waals surface area contributed by atoms with E-state index in [4.69, 9.17) is 5.73 Å². The molecule has 2 rings (SSSR count). The fraction of sp³-hybridized carbons (Fsp3) is 0.611. The predicted molar refractivity (Wildman–Crippen MR) is 99.1 cm³/mol. The molecule has 1 fully saturated rings. The smallest absolute Gasteiger partial charge is 0.253 e. The Labute approximate surface area is 146 Å². The molecule has 0 spiro atoms. The molecule has 5 heteroatoms. The van der Waals surface area contributed by atoms with Crippen molar-refractivity contribution in [2.45, 2.75) is 32.6 Å². The number of rotatable bonds is 6. The standard InChI is InChI=1S/C18H29N3O.ClH/c1-3-4-11-20(2)14-15-9-12-21(13-10-15)18(22)16-5-7-17(19)8-6-16;/h5-8,15H,3-4,9-14,19H2,1-2H3;1H. The topological polar surface area (TPSA) is 49.6 Å². The van der Waals surface area contributed by atoms with E-state index in [1.807, 2.05) is 17.0 Å². The first-order valence-electron chi connectivity index (χ1n) is 8.43. The number of unbranched alkanes of at least 4 members (excludes halogenated alkanes) is 1. The molecule has 0 unspecified atom stereocenters. The molecule has 0 aromatic heterocycles. The average Bonchev–Trinajstić information content (AvgIpc) is 2.54. The normalized spacial score (nSPS) is 15.5. The molecule has 0 aliphatic carbocycles. The maximum absolute atomic E-state index is 12.5. The minimum absolute atomic E-state index is 0. The summed E-state index contributed by atoms with van der Waals surface area (Å²) < 4.78 is 0. The van der Waals surface area contributed by atoms with Crippen LogP contribution in [0.5, 0.6) is 0 Å². The third kappa shape index (κ3) is 6.04. The van der Waals surface area contributed by atoms with E-state index in [2.05, 4.69) is 18.9 Å². The van der Waals surface area contributed by atoms with Crippen molar-refractivity contribution in [3.8, 4) is 0 Å². The summed E-state index contributed by atoms with van der Waals surface area (Å²) in [4.78, 5) is 16.9. The van der Waals surface area contributed by atoms with E-state index in [1.54, 1.807) is 12.1 Å². The fourth-order valence-corrected chi connectivity index (χ4v) is 3.09. The van der Waals surface area contributed by atoms with Crippen LogP contribution in [0, 0.1) is 5.92 Å². The highest BCUT2D eigenvalue weighted by Crippen LogP contribution is 2.20. The molecular weight excluding hydrogens is 310 g/mol. The highest BCUT2D eigenvalue weighted by molar-refractivity contribution is 5.94. The number of benzene rings is 1. The lowest BCUT2D eigenvalue weighted by Crippen LogP contribution is -2.41. The van der Waals surface area contributed by atoms with E-state index in [1.165, 1.54) is 19.4 Å². The Morgan fingerprint density at radius 1 is 1.26 bits per heavy atom. The summed E-state index contributed by atoms with van der Waals surface area (Å²) >= 11 is 0. The molecule has 1 saturated heterocycles. The number of carbonyl (C=O) groups excluding carboxylic acids is 1. The van der Waals surface area contributed by atoms with Crippen LogP contribution in [0.4, 0.5) is 5.69 Å². The quantitative estimate of drug-likeness (QED) is 0.809. The van der Waals surface area contributed by atoms with Gasteiger partial charge in [-0.2, -0.15) is 0 Å². The van der Waals surface area contributed by atoms with Gasteiger partial charge < -0.3 is 15.5 Å². The van der Waals surface area contributed by atoms with Gasteiger partial charge in [-0.3, -0.25) is 4.79 Å². The molecule has 4 nitrogen and oxygen atoms in total. The van der Waals surface area contributed by atoms with Crippen molar-refractivity contribution in [3.05, 3.63) is 29.8 Å². The molecule has 1 aliphatic heterocycles. The van der Waals surface area contributed by atoms with Gasteiger partial charge in [0.2, 0.25) is 0 Å². The SMILES string of the molecule is CCCCN(C)CC1CCN(C(=O)c2ccc(N)cc2)CC1.Cl. The van der Waals surface area contributed by atoms with E-state index in [0.717, 1.165) is 44.0 Å². The third-order valence-electron chi connectivity index (χ3n) is 4.52. The van der Waals surface area contributed by atoms with Gasteiger partial charge in [0.25, 0.3) is 5.91 Å². The van der Waals surface area contributed by atoms with E-state index in [9.17, 15) is 4.79 Å². The van der Waals surface area contributed by atoms with Crippen molar-refractivity contribution in [1.82, 2.24) is 9.80 Å². The number of anilines is 1. The molecular formula is C18H30ClN3O. The Morgan fingerprint density at radius 3 is 2.43 bits per heavy atom. The zero-order valence-corrected chi connectivity index (χ0v) is 15.1. The van der Waals surface area contributed by atoms with Crippen LogP contribution in [0.15, 0.2) is 24.3 Å². The molecule has 0 saturated carbocycles. The number of amides is 1. The maximum Gasteiger partial charge on any atom is 0.253 e. The molecule has 1 aromatic rings. The van der Waals surface area contributed by atoms with E-state index < -0.39 is 0 Å². The average molecular weight is 340 g/mol. The van der Waals surface area contributed by atoms with Gasteiger partial charge in [0.1, 0.15) is 0 Å².